The van der Waals surface area contributed by atoms with Crippen LogP contribution < -0.4 is 5.32 Å². The zero-order valence-electron chi connectivity index (χ0n) is 26.5. The number of amides is 1. The zero-order chi connectivity index (χ0) is 35.1. The minimum absolute atomic E-state index is 0.0248. The third-order valence-corrected chi connectivity index (χ3v) is 10.7. The molecule has 3 atom stereocenters. The average molecular weight is 693 g/mol. The Balaban J connectivity index is 1.43. The number of nitrogens with zero attached hydrogens (tertiary/aromatic N) is 5. The predicted molar refractivity (Wildman–Crippen MR) is 179 cm³/mol. The van der Waals surface area contributed by atoms with E-state index in [-0.39, 0.29) is 42.9 Å². The quantitative estimate of drug-likeness (QED) is 0.0905. The van der Waals surface area contributed by atoms with Gasteiger partial charge in [0.2, 0.25) is 10.0 Å². The van der Waals surface area contributed by atoms with Gasteiger partial charge in [0.1, 0.15) is 17.5 Å². The molecule has 2 unspecified atom stereocenters. The van der Waals surface area contributed by atoms with Crippen LogP contribution in [-0.4, -0.2) is 66.6 Å². The lowest BCUT2D eigenvalue weighted by Crippen LogP contribution is -2.60. The number of piperazine rings is 1. The summed E-state index contributed by atoms with van der Waals surface area (Å²) >= 11 is 0. The third-order valence-electron chi connectivity index (χ3n) is 8.65. The maximum Gasteiger partial charge on any atom is 0.407 e. The van der Waals surface area contributed by atoms with Crippen LogP contribution in [0.5, 0.6) is 0 Å². The lowest BCUT2D eigenvalue weighted by Gasteiger charge is -2.43. The molecule has 5 rings (SSSR count). The molecule has 1 aliphatic heterocycles. The van der Waals surface area contributed by atoms with Crippen molar-refractivity contribution in [2.24, 2.45) is 5.11 Å². The molecule has 1 fully saturated rings. The van der Waals surface area contributed by atoms with Crippen LogP contribution in [0, 0.1) is 17.5 Å². The highest BCUT2D eigenvalue weighted by Crippen LogP contribution is 2.33. The molecule has 49 heavy (non-hydrogen) atoms. The largest absolute Gasteiger partial charge is 0.465 e. The molecule has 1 heterocycles. The maximum atomic E-state index is 15.5. The Labute approximate surface area is 282 Å². The monoisotopic (exact) mass is 692 g/mol. The van der Waals surface area contributed by atoms with Crippen molar-refractivity contribution < 1.29 is 31.5 Å². The molecule has 256 valence electrons. The van der Waals surface area contributed by atoms with E-state index in [1.54, 1.807) is 43.3 Å². The van der Waals surface area contributed by atoms with Gasteiger partial charge < -0.3 is 15.3 Å². The number of benzene rings is 4. The predicted octanol–water partition coefficient (Wildman–Crippen LogP) is 7.40. The summed E-state index contributed by atoms with van der Waals surface area (Å²) in [4.78, 5) is 16.2. The van der Waals surface area contributed by atoms with Gasteiger partial charge in [0.15, 0.2) is 0 Å². The van der Waals surface area contributed by atoms with Crippen molar-refractivity contribution >= 4 is 21.8 Å². The fourth-order valence-electron chi connectivity index (χ4n) is 6.52. The van der Waals surface area contributed by atoms with E-state index >= 15 is 4.39 Å². The van der Waals surface area contributed by atoms with E-state index in [1.807, 2.05) is 0 Å². The van der Waals surface area contributed by atoms with Crippen molar-refractivity contribution in [2.75, 3.05) is 25.0 Å². The molecule has 2 N–H and O–H groups in total. The van der Waals surface area contributed by atoms with Gasteiger partial charge in [-0.3, -0.25) is 0 Å². The van der Waals surface area contributed by atoms with Crippen LogP contribution >= 0.6 is 0 Å². The Morgan fingerprint density at radius 3 is 2.18 bits per heavy atom. The fraction of sp³-hybridized carbons (Fsp3) is 0.286. The smallest absolute Gasteiger partial charge is 0.407 e. The molecule has 0 radical (unpaired) electrons. The molecule has 1 saturated heterocycles. The molecule has 1 aliphatic rings. The van der Waals surface area contributed by atoms with E-state index in [1.165, 1.54) is 65.0 Å². The van der Waals surface area contributed by atoms with Crippen LogP contribution in [0.4, 0.5) is 23.7 Å². The molecular weight excluding hydrogens is 657 g/mol. The molecule has 0 spiro atoms. The van der Waals surface area contributed by atoms with Gasteiger partial charge in [-0.15, -0.1) is 0 Å². The first-order chi connectivity index (χ1) is 23.5. The van der Waals surface area contributed by atoms with Gasteiger partial charge in [-0.05, 0) is 85.0 Å². The Morgan fingerprint density at radius 1 is 0.959 bits per heavy atom. The normalized spacial score (nSPS) is 17.4. The number of anilines is 1. The van der Waals surface area contributed by atoms with Crippen molar-refractivity contribution in [1.29, 1.82) is 0 Å². The van der Waals surface area contributed by atoms with Gasteiger partial charge in [0.05, 0.1) is 10.9 Å². The van der Waals surface area contributed by atoms with E-state index in [0.29, 0.717) is 16.8 Å². The molecule has 0 bridgehead atoms. The van der Waals surface area contributed by atoms with E-state index < -0.39 is 57.6 Å². The maximum absolute atomic E-state index is 15.5. The summed E-state index contributed by atoms with van der Waals surface area (Å²) in [7, 11) is -4.03. The lowest BCUT2D eigenvalue weighted by molar-refractivity contribution is 0.0781. The number of carboxylic acid groups (broad SMARTS) is 1. The second-order valence-corrected chi connectivity index (χ2v) is 13.7. The van der Waals surface area contributed by atoms with Gasteiger partial charge >= 0.3 is 6.09 Å². The Morgan fingerprint density at radius 2 is 1.59 bits per heavy atom. The second-order valence-electron chi connectivity index (χ2n) is 11.9. The van der Waals surface area contributed by atoms with E-state index in [0.717, 1.165) is 4.90 Å². The van der Waals surface area contributed by atoms with Crippen LogP contribution in [0.2, 0.25) is 0 Å². The van der Waals surface area contributed by atoms with Crippen LogP contribution in [0.1, 0.15) is 36.0 Å². The average Bonchev–Trinajstić information content (AvgIpc) is 3.07. The molecule has 14 heteroatoms. The summed E-state index contributed by atoms with van der Waals surface area (Å²) in [5.74, 6) is -2.40. The molecule has 10 nitrogen and oxygen atoms in total. The number of halogens is 3. The van der Waals surface area contributed by atoms with Gasteiger partial charge in [-0.1, -0.05) is 53.6 Å². The van der Waals surface area contributed by atoms with Crippen molar-refractivity contribution in [3.05, 3.63) is 142 Å². The van der Waals surface area contributed by atoms with Crippen molar-refractivity contribution in [3.63, 3.8) is 0 Å². The lowest BCUT2D eigenvalue weighted by atomic mass is 9.85. The SMILES string of the molecule is CC1CN(C(=O)O)CC(CCc2c(F)cccc2NC[C@@H](N=[N+]=[N-])C(c2cccc(F)c2)c2cccc(F)c2)N1S(=O)(=O)c1ccccc1. The number of sulfonamides is 1. The first kappa shape index (κ1) is 35.3. The standard InChI is InChI=1S/C35H35F3N6O4S/c1-23-21-43(35(45)46)22-28(44(23)49(47,48)29-12-3-2-4-13-29)16-17-30-31(38)14-7-15-32(30)40-20-33(41-42-39)34(24-8-5-10-26(36)18-24)25-9-6-11-27(37)19-25/h2-15,18-19,23,28,33-34,40H,16-17,20-22H2,1H3,(H,45,46)/t23?,28?,33-/m1/s1. The van der Waals surface area contributed by atoms with E-state index in [4.69, 9.17) is 0 Å². The Hall–Kier alpha value is -5.04. The van der Waals surface area contributed by atoms with Crippen molar-refractivity contribution in [3.8, 4) is 0 Å². The van der Waals surface area contributed by atoms with E-state index in [9.17, 15) is 32.6 Å². The minimum Gasteiger partial charge on any atom is -0.465 e. The number of hydrogen-bond donors (Lipinski definition) is 2. The molecule has 1 amide bonds. The minimum atomic E-state index is -4.03. The second kappa shape index (κ2) is 15.5. The Kier molecular flexibility index (Phi) is 11.1. The topological polar surface area (TPSA) is 139 Å². The molecule has 4 aromatic carbocycles. The highest BCUT2D eigenvalue weighted by atomic mass is 32.2. The number of rotatable bonds is 12. The summed E-state index contributed by atoms with van der Waals surface area (Å²) in [6.45, 7) is 1.45. The van der Waals surface area contributed by atoms with Crippen molar-refractivity contribution in [2.45, 2.75) is 48.7 Å². The fourth-order valence-corrected chi connectivity index (χ4v) is 8.37. The number of nitrogens with one attached hydrogen (secondary N) is 1. The zero-order valence-corrected chi connectivity index (χ0v) is 27.3. The van der Waals surface area contributed by atoms with Gasteiger partial charge in [0, 0.05) is 53.8 Å². The number of hydrogen-bond acceptors (Lipinski definition) is 5. The molecule has 0 aliphatic carbocycles. The molecular formula is C35H35F3N6O4S. The summed E-state index contributed by atoms with van der Waals surface area (Å²) in [6, 6.07) is 21.2. The van der Waals surface area contributed by atoms with Gasteiger partial charge in [0.25, 0.3) is 0 Å². The summed E-state index contributed by atoms with van der Waals surface area (Å²) in [5.41, 5.74) is 10.9. The highest BCUT2D eigenvalue weighted by molar-refractivity contribution is 7.89. The third kappa shape index (κ3) is 8.16. The van der Waals surface area contributed by atoms with Crippen LogP contribution in [-0.2, 0) is 16.4 Å². The summed E-state index contributed by atoms with van der Waals surface area (Å²) in [6.07, 6.45) is -1.06. The van der Waals surface area contributed by atoms with Gasteiger partial charge in [-0.2, -0.15) is 4.31 Å². The van der Waals surface area contributed by atoms with Gasteiger partial charge in [-0.25, -0.2) is 26.4 Å². The Bertz CT molecular complexity index is 1900. The van der Waals surface area contributed by atoms with Crippen LogP contribution in [0.3, 0.4) is 0 Å². The van der Waals surface area contributed by atoms with E-state index in [2.05, 4.69) is 15.3 Å². The molecule has 0 aromatic heterocycles. The molecule has 0 saturated carbocycles. The molecule has 4 aromatic rings. The highest BCUT2D eigenvalue weighted by Gasteiger charge is 2.41. The van der Waals surface area contributed by atoms with Crippen LogP contribution in [0.15, 0.2) is 107 Å². The van der Waals surface area contributed by atoms with Crippen LogP contribution in [0.25, 0.3) is 10.4 Å². The first-order valence-electron chi connectivity index (χ1n) is 15.6. The summed E-state index contributed by atoms with van der Waals surface area (Å²) in [5, 5.41) is 16.9. The first-order valence-corrected chi connectivity index (χ1v) is 17.1. The number of carbonyl (C=O) groups is 1. The summed E-state index contributed by atoms with van der Waals surface area (Å²) < 4.78 is 73.1. The number of azide groups is 1. The van der Waals surface area contributed by atoms with Crippen molar-refractivity contribution in [1.82, 2.24) is 9.21 Å².